The molecule has 2 saturated heterocycles. The Labute approximate surface area is 165 Å². The number of nitrogens with zero attached hydrogens (tertiary/aromatic N) is 4. The van der Waals surface area contributed by atoms with E-state index in [4.69, 9.17) is 4.42 Å². The zero-order valence-corrected chi connectivity index (χ0v) is 15.6. The van der Waals surface area contributed by atoms with E-state index in [-0.39, 0.29) is 5.89 Å². The lowest BCUT2D eigenvalue weighted by atomic mass is 9.72. The van der Waals surface area contributed by atoms with Gasteiger partial charge in [-0.3, -0.25) is 4.90 Å². The first-order valence-corrected chi connectivity index (χ1v) is 9.44. The lowest BCUT2D eigenvalue weighted by Crippen LogP contribution is -2.72. The lowest BCUT2D eigenvalue weighted by Gasteiger charge is -2.61. The highest BCUT2D eigenvalue weighted by molar-refractivity contribution is 5.53. The van der Waals surface area contributed by atoms with Crippen LogP contribution in [0.2, 0.25) is 0 Å². The largest absolute Gasteiger partial charge is 0.415 e. The van der Waals surface area contributed by atoms with Crippen molar-refractivity contribution < 1.29 is 17.6 Å². The number of benzene rings is 2. The van der Waals surface area contributed by atoms with Crippen LogP contribution in [-0.2, 0) is 6.54 Å². The summed E-state index contributed by atoms with van der Waals surface area (Å²) in [5, 5.41) is 6.83. The van der Waals surface area contributed by atoms with E-state index in [1.54, 1.807) is 12.1 Å². The van der Waals surface area contributed by atoms with E-state index in [0.29, 0.717) is 23.1 Å². The minimum absolute atomic E-state index is 0.107. The van der Waals surface area contributed by atoms with Crippen molar-refractivity contribution in [3.05, 3.63) is 65.8 Å². The van der Waals surface area contributed by atoms with E-state index in [2.05, 4.69) is 32.1 Å². The number of anilines is 1. The number of hydrogen-bond donors (Lipinski definition) is 0. The summed E-state index contributed by atoms with van der Waals surface area (Å²) in [4.78, 5) is 4.59. The van der Waals surface area contributed by atoms with E-state index in [1.807, 2.05) is 18.2 Å². The summed E-state index contributed by atoms with van der Waals surface area (Å²) in [5.74, 6) is -1.27. The third-order valence-corrected chi connectivity index (χ3v) is 5.61. The van der Waals surface area contributed by atoms with Crippen LogP contribution in [0.3, 0.4) is 0 Å². The molecule has 5 nitrogen and oxygen atoms in total. The van der Waals surface area contributed by atoms with E-state index in [0.717, 1.165) is 26.2 Å². The van der Waals surface area contributed by atoms with Gasteiger partial charge in [0.05, 0.1) is 0 Å². The molecule has 2 aliphatic rings. The van der Waals surface area contributed by atoms with Gasteiger partial charge in [-0.1, -0.05) is 24.3 Å². The Morgan fingerprint density at radius 1 is 1.00 bits per heavy atom. The lowest BCUT2D eigenvalue weighted by molar-refractivity contribution is -0.0278. The van der Waals surface area contributed by atoms with Gasteiger partial charge in [0.25, 0.3) is 5.89 Å². The van der Waals surface area contributed by atoms with Crippen LogP contribution in [0.25, 0.3) is 11.5 Å². The second-order valence-electron chi connectivity index (χ2n) is 7.89. The highest BCUT2D eigenvalue weighted by atomic mass is 19.3. The SMILES string of the molecule is Fc1cc(-c2nnc(C(F)F)o2)ccc1CN1CC2(C1)CN(c1ccccc1)C2. The molecule has 29 heavy (non-hydrogen) atoms. The fraction of sp³-hybridized carbons (Fsp3) is 0.333. The van der Waals surface area contributed by atoms with Gasteiger partial charge in [-0.25, -0.2) is 4.39 Å². The first kappa shape index (κ1) is 18.2. The van der Waals surface area contributed by atoms with Gasteiger partial charge in [-0.2, -0.15) is 8.78 Å². The highest BCUT2D eigenvalue weighted by Gasteiger charge is 2.51. The van der Waals surface area contributed by atoms with E-state index in [9.17, 15) is 13.2 Å². The average Bonchev–Trinajstić information content (AvgIpc) is 3.15. The van der Waals surface area contributed by atoms with Crippen molar-refractivity contribution in [3.8, 4) is 11.5 Å². The summed E-state index contributed by atoms with van der Waals surface area (Å²) in [6.07, 6.45) is -2.84. The number of rotatable bonds is 5. The summed E-state index contributed by atoms with van der Waals surface area (Å²) in [7, 11) is 0. The van der Waals surface area contributed by atoms with E-state index in [1.165, 1.54) is 11.8 Å². The molecular formula is C21H19F3N4O. The molecule has 0 unspecified atom stereocenters. The van der Waals surface area contributed by atoms with Crippen LogP contribution >= 0.6 is 0 Å². The molecule has 2 fully saturated rings. The van der Waals surface area contributed by atoms with Gasteiger partial charge < -0.3 is 9.32 Å². The van der Waals surface area contributed by atoms with Crippen molar-refractivity contribution in [3.63, 3.8) is 0 Å². The molecule has 2 aliphatic heterocycles. The van der Waals surface area contributed by atoms with Gasteiger partial charge in [0.15, 0.2) is 0 Å². The number of hydrogen-bond acceptors (Lipinski definition) is 5. The predicted molar refractivity (Wildman–Crippen MR) is 101 cm³/mol. The molecule has 1 spiro atoms. The van der Waals surface area contributed by atoms with Crippen molar-refractivity contribution >= 4 is 5.69 Å². The normalized spacial score (nSPS) is 18.1. The Kier molecular flexibility index (Phi) is 4.31. The molecule has 8 heteroatoms. The standard InChI is InChI=1S/C21H19F3N4O/c22-17-8-14(19-25-26-20(29-19)18(23)24)6-7-15(17)9-27-10-21(11-27)12-28(13-21)16-4-2-1-3-5-16/h1-8,18H,9-13H2. The molecule has 1 aromatic heterocycles. The van der Waals surface area contributed by atoms with Gasteiger partial charge in [-0.05, 0) is 24.3 Å². The van der Waals surface area contributed by atoms with Crippen LogP contribution in [0.4, 0.5) is 18.9 Å². The first-order valence-electron chi connectivity index (χ1n) is 9.44. The molecule has 0 amide bonds. The molecular weight excluding hydrogens is 381 g/mol. The molecule has 0 saturated carbocycles. The maximum Gasteiger partial charge on any atom is 0.314 e. The van der Waals surface area contributed by atoms with Crippen LogP contribution in [0.5, 0.6) is 0 Å². The summed E-state index contributed by atoms with van der Waals surface area (Å²) in [6, 6.07) is 14.9. The zero-order valence-electron chi connectivity index (χ0n) is 15.6. The highest BCUT2D eigenvalue weighted by Crippen LogP contribution is 2.42. The van der Waals surface area contributed by atoms with Gasteiger partial charge in [0.1, 0.15) is 5.82 Å². The molecule has 0 atom stereocenters. The van der Waals surface area contributed by atoms with Gasteiger partial charge in [-0.15, -0.1) is 10.2 Å². The Morgan fingerprint density at radius 2 is 1.76 bits per heavy atom. The second kappa shape index (κ2) is 6.88. The summed E-state index contributed by atoms with van der Waals surface area (Å²) >= 11 is 0. The van der Waals surface area contributed by atoms with Crippen LogP contribution in [0.1, 0.15) is 17.9 Å². The summed E-state index contributed by atoms with van der Waals surface area (Å²) < 4.78 is 44.5. The van der Waals surface area contributed by atoms with E-state index < -0.39 is 18.1 Å². The predicted octanol–water partition coefficient (Wildman–Crippen LogP) is 4.14. The average molecular weight is 400 g/mol. The fourth-order valence-corrected chi connectivity index (χ4v) is 4.29. The van der Waals surface area contributed by atoms with Crippen LogP contribution < -0.4 is 4.90 Å². The van der Waals surface area contributed by atoms with Crippen LogP contribution in [-0.4, -0.2) is 41.3 Å². The zero-order chi connectivity index (χ0) is 20.0. The maximum absolute atomic E-state index is 14.5. The number of aromatic nitrogens is 2. The Hall–Kier alpha value is -2.87. The third kappa shape index (κ3) is 3.37. The van der Waals surface area contributed by atoms with Crippen molar-refractivity contribution in [1.29, 1.82) is 0 Å². The molecule has 0 N–H and O–H groups in total. The second-order valence-corrected chi connectivity index (χ2v) is 7.89. The monoisotopic (exact) mass is 400 g/mol. The molecule has 5 rings (SSSR count). The molecule has 0 radical (unpaired) electrons. The molecule has 150 valence electrons. The Balaban J connectivity index is 1.18. The van der Waals surface area contributed by atoms with Crippen LogP contribution in [0, 0.1) is 11.2 Å². The molecule has 0 aliphatic carbocycles. The van der Waals surface area contributed by atoms with Gasteiger partial charge in [0.2, 0.25) is 5.89 Å². The Morgan fingerprint density at radius 3 is 2.41 bits per heavy atom. The van der Waals surface area contributed by atoms with Crippen molar-refractivity contribution in [1.82, 2.24) is 15.1 Å². The topological polar surface area (TPSA) is 45.4 Å². The third-order valence-electron chi connectivity index (χ3n) is 5.61. The molecule has 0 bridgehead atoms. The minimum atomic E-state index is -2.84. The molecule has 2 aromatic carbocycles. The van der Waals surface area contributed by atoms with Crippen molar-refractivity contribution in [2.24, 2.45) is 5.41 Å². The van der Waals surface area contributed by atoms with E-state index >= 15 is 0 Å². The smallest absolute Gasteiger partial charge is 0.314 e. The summed E-state index contributed by atoms with van der Waals surface area (Å²) in [5.41, 5.74) is 2.41. The molecule has 3 aromatic rings. The minimum Gasteiger partial charge on any atom is -0.415 e. The summed E-state index contributed by atoms with van der Waals surface area (Å²) in [6.45, 7) is 4.46. The fourth-order valence-electron chi connectivity index (χ4n) is 4.29. The van der Waals surface area contributed by atoms with Crippen molar-refractivity contribution in [2.75, 3.05) is 31.1 Å². The quantitative estimate of drug-likeness (QED) is 0.644. The maximum atomic E-state index is 14.5. The van der Waals surface area contributed by atoms with Crippen LogP contribution in [0.15, 0.2) is 52.9 Å². The Bertz CT molecular complexity index is 1010. The van der Waals surface area contributed by atoms with Gasteiger partial charge in [0, 0.05) is 55.0 Å². The van der Waals surface area contributed by atoms with Crippen molar-refractivity contribution in [2.45, 2.75) is 13.0 Å². The number of halogens is 3. The first-order chi connectivity index (χ1) is 14.0. The molecule has 3 heterocycles. The van der Waals surface area contributed by atoms with Gasteiger partial charge >= 0.3 is 6.43 Å². The number of alkyl halides is 2. The number of likely N-dealkylation sites (tertiary alicyclic amines) is 1. The number of para-hydroxylation sites is 1.